The molecule has 0 aliphatic carbocycles. The van der Waals surface area contributed by atoms with E-state index in [2.05, 4.69) is 31.0 Å². The highest BCUT2D eigenvalue weighted by atomic mass is 32.2. The van der Waals surface area contributed by atoms with Crippen LogP contribution in [0.3, 0.4) is 0 Å². The summed E-state index contributed by atoms with van der Waals surface area (Å²) in [5.41, 5.74) is 1.33. The summed E-state index contributed by atoms with van der Waals surface area (Å²) in [5, 5.41) is 2.95. The van der Waals surface area contributed by atoms with Crippen LogP contribution in [0.15, 0.2) is 23.1 Å². The molecule has 2 heterocycles. The fourth-order valence-electron chi connectivity index (χ4n) is 3.26. The van der Waals surface area contributed by atoms with E-state index in [-0.39, 0.29) is 15.5 Å². The molecule has 0 atom stereocenters. The summed E-state index contributed by atoms with van der Waals surface area (Å²) in [6.07, 6.45) is 0. The first-order valence-electron chi connectivity index (χ1n) is 10.2. The van der Waals surface area contributed by atoms with E-state index in [1.165, 1.54) is 4.31 Å². The maximum absolute atomic E-state index is 13.1. The van der Waals surface area contributed by atoms with Gasteiger partial charge in [-0.2, -0.15) is 4.31 Å². The molecule has 1 aromatic rings. The van der Waals surface area contributed by atoms with Gasteiger partial charge in [0.15, 0.2) is 0 Å². The van der Waals surface area contributed by atoms with Crippen LogP contribution in [0.4, 0.5) is 11.4 Å². The largest absolute Gasteiger partial charge is 0.379 e. The van der Waals surface area contributed by atoms with Crippen molar-refractivity contribution in [2.75, 3.05) is 68.6 Å². The molecule has 0 bridgehead atoms. The average Bonchev–Trinajstić information content (AvgIpc) is 2.73. The van der Waals surface area contributed by atoms with Crippen molar-refractivity contribution in [3.05, 3.63) is 18.2 Å². The van der Waals surface area contributed by atoms with Crippen LogP contribution in [0.1, 0.15) is 20.8 Å². The van der Waals surface area contributed by atoms with E-state index >= 15 is 0 Å². The molecule has 0 spiro atoms. The number of benzene rings is 1. The number of carbonyl (C=O) groups is 1. The summed E-state index contributed by atoms with van der Waals surface area (Å²) < 4.78 is 38.3. The van der Waals surface area contributed by atoms with Crippen LogP contribution in [0.25, 0.3) is 0 Å². The number of anilines is 2. The molecule has 1 amide bonds. The third-order valence-corrected chi connectivity index (χ3v) is 8.01. The summed E-state index contributed by atoms with van der Waals surface area (Å²) in [5.74, 6) is 0.150. The topological polar surface area (TPSA) is 88.2 Å². The lowest BCUT2D eigenvalue weighted by Crippen LogP contribution is -2.40. The molecule has 3 rings (SSSR count). The zero-order chi connectivity index (χ0) is 21.8. The summed E-state index contributed by atoms with van der Waals surface area (Å²) >= 11 is 1.55. The number of nitrogens with one attached hydrogen (secondary N) is 1. The zero-order valence-corrected chi connectivity index (χ0v) is 19.5. The van der Waals surface area contributed by atoms with Crippen molar-refractivity contribution in [3.8, 4) is 0 Å². The smallest absolute Gasteiger partial charge is 0.243 e. The number of carbonyl (C=O) groups excluding carboxylic acids is 1. The number of nitrogens with zero attached hydrogens (tertiary/aromatic N) is 2. The summed E-state index contributed by atoms with van der Waals surface area (Å²) in [7, 11) is -3.65. The lowest BCUT2D eigenvalue weighted by atomic mass is 10.2. The highest BCUT2D eigenvalue weighted by molar-refractivity contribution is 8.01. The molecule has 168 valence electrons. The predicted molar refractivity (Wildman–Crippen MR) is 120 cm³/mol. The average molecular weight is 458 g/mol. The monoisotopic (exact) mass is 457 g/mol. The number of amides is 1. The first-order chi connectivity index (χ1) is 14.2. The molecule has 30 heavy (non-hydrogen) atoms. The second-order valence-corrected chi connectivity index (χ2v) is 12.0. The maximum Gasteiger partial charge on any atom is 0.243 e. The molecule has 8 nitrogen and oxygen atoms in total. The third kappa shape index (κ3) is 6.10. The minimum atomic E-state index is -3.65. The Hall–Kier alpha value is -1.33. The van der Waals surface area contributed by atoms with Gasteiger partial charge in [-0.1, -0.05) is 20.8 Å². The van der Waals surface area contributed by atoms with Gasteiger partial charge in [-0.25, -0.2) is 8.42 Å². The minimum absolute atomic E-state index is 0.0358. The van der Waals surface area contributed by atoms with Gasteiger partial charge in [0.1, 0.15) is 0 Å². The lowest BCUT2D eigenvalue weighted by Gasteiger charge is -2.31. The minimum Gasteiger partial charge on any atom is -0.379 e. The van der Waals surface area contributed by atoms with Gasteiger partial charge in [-0.15, -0.1) is 11.8 Å². The number of sulfonamides is 1. The number of morpholine rings is 2. The van der Waals surface area contributed by atoms with Crippen LogP contribution in [0.2, 0.25) is 0 Å². The lowest BCUT2D eigenvalue weighted by molar-refractivity contribution is -0.113. The standard InChI is InChI=1S/C20H31N3O5S2/c1-20(2,3)29-15-19(24)21-17-14-16(30(25,26)23-8-12-28-13-9-23)4-5-18(17)22-6-10-27-11-7-22/h4-5,14H,6-13,15H2,1-3H3,(H,21,24). The molecular formula is C20H31N3O5S2. The summed E-state index contributed by atoms with van der Waals surface area (Å²) in [6, 6.07) is 4.98. The maximum atomic E-state index is 13.1. The predicted octanol–water partition coefficient (Wildman–Crippen LogP) is 2.01. The fraction of sp³-hybridized carbons (Fsp3) is 0.650. The second kappa shape index (κ2) is 9.86. The number of ether oxygens (including phenoxy) is 2. The van der Waals surface area contributed by atoms with Gasteiger partial charge >= 0.3 is 0 Å². The quantitative estimate of drug-likeness (QED) is 0.699. The van der Waals surface area contributed by atoms with E-state index in [0.717, 1.165) is 5.69 Å². The van der Waals surface area contributed by atoms with Gasteiger partial charge in [-0.05, 0) is 18.2 Å². The van der Waals surface area contributed by atoms with Gasteiger partial charge in [0, 0.05) is 30.9 Å². The molecule has 0 radical (unpaired) electrons. The van der Waals surface area contributed by atoms with Crippen molar-refractivity contribution >= 4 is 39.1 Å². The Labute approximate surface area is 183 Å². The van der Waals surface area contributed by atoms with Gasteiger partial charge in [0.2, 0.25) is 15.9 Å². The van der Waals surface area contributed by atoms with Crippen LogP contribution in [-0.4, -0.2) is 81.7 Å². The van der Waals surface area contributed by atoms with Gasteiger partial charge in [0.05, 0.1) is 48.5 Å². The molecule has 2 aliphatic rings. The van der Waals surface area contributed by atoms with Gasteiger partial charge in [0.25, 0.3) is 0 Å². The highest BCUT2D eigenvalue weighted by Gasteiger charge is 2.28. The Morgan fingerprint density at radius 2 is 1.67 bits per heavy atom. The number of hydrogen-bond donors (Lipinski definition) is 1. The molecule has 0 saturated carbocycles. The summed E-state index contributed by atoms with van der Waals surface area (Å²) in [4.78, 5) is 14.9. The number of hydrogen-bond acceptors (Lipinski definition) is 7. The molecule has 0 aromatic heterocycles. The molecular weight excluding hydrogens is 426 g/mol. The van der Waals surface area contributed by atoms with E-state index in [4.69, 9.17) is 9.47 Å². The second-order valence-electron chi connectivity index (χ2n) is 8.24. The zero-order valence-electron chi connectivity index (χ0n) is 17.8. The van der Waals surface area contributed by atoms with Crippen LogP contribution < -0.4 is 10.2 Å². The van der Waals surface area contributed by atoms with E-state index < -0.39 is 10.0 Å². The normalized spacial score (nSPS) is 19.0. The first kappa shape index (κ1) is 23.3. The summed E-state index contributed by atoms with van der Waals surface area (Å²) in [6.45, 7) is 10.2. The van der Waals surface area contributed by atoms with Crippen molar-refractivity contribution < 1.29 is 22.7 Å². The fourth-order valence-corrected chi connectivity index (χ4v) is 5.33. The van der Waals surface area contributed by atoms with Crippen LogP contribution in [-0.2, 0) is 24.3 Å². The molecule has 2 aliphatic heterocycles. The van der Waals surface area contributed by atoms with E-state index in [1.54, 1.807) is 30.0 Å². The van der Waals surface area contributed by atoms with Crippen LogP contribution >= 0.6 is 11.8 Å². The van der Waals surface area contributed by atoms with Crippen LogP contribution in [0, 0.1) is 0 Å². The van der Waals surface area contributed by atoms with Crippen molar-refractivity contribution in [3.63, 3.8) is 0 Å². The molecule has 2 fully saturated rings. The van der Waals surface area contributed by atoms with E-state index in [9.17, 15) is 13.2 Å². The van der Waals surface area contributed by atoms with Crippen molar-refractivity contribution in [1.82, 2.24) is 4.31 Å². The Bertz CT molecular complexity index is 842. The Kier molecular flexibility index (Phi) is 7.67. The van der Waals surface area contributed by atoms with Crippen molar-refractivity contribution in [2.45, 2.75) is 30.4 Å². The number of thioether (sulfide) groups is 1. The molecule has 10 heteroatoms. The first-order valence-corrected chi connectivity index (χ1v) is 12.6. The van der Waals surface area contributed by atoms with E-state index in [0.29, 0.717) is 64.0 Å². The van der Waals surface area contributed by atoms with Crippen LogP contribution in [0.5, 0.6) is 0 Å². The van der Waals surface area contributed by atoms with Gasteiger partial charge < -0.3 is 19.7 Å². The Morgan fingerprint density at radius 1 is 1.07 bits per heavy atom. The number of rotatable bonds is 6. The molecule has 1 aromatic carbocycles. The third-order valence-electron chi connectivity index (χ3n) is 4.84. The van der Waals surface area contributed by atoms with Gasteiger partial charge in [-0.3, -0.25) is 4.79 Å². The van der Waals surface area contributed by atoms with Crippen molar-refractivity contribution in [1.29, 1.82) is 0 Å². The highest BCUT2D eigenvalue weighted by Crippen LogP contribution is 2.32. The Morgan fingerprint density at radius 3 is 2.27 bits per heavy atom. The SMILES string of the molecule is CC(C)(C)SCC(=O)Nc1cc(S(=O)(=O)N2CCOCC2)ccc1N1CCOCC1. The Balaban J connectivity index is 1.87. The molecule has 1 N–H and O–H groups in total. The molecule has 2 saturated heterocycles. The molecule has 0 unspecified atom stereocenters. The van der Waals surface area contributed by atoms with Crippen molar-refractivity contribution in [2.24, 2.45) is 0 Å². The van der Waals surface area contributed by atoms with E-state index in [1.807, 2.05) is 0 Å².